The molecule has 0 aliphatic carbocycles. The van der Waals surface area contributed by atoms with Gasteiger partial charge in [-0.1, -0.05) is 6.92 Å². The van der Waals surface area contributed by atoms with Crippen LogP contribution in [0, 0.1) is 0 Å². The normalized spacial score (nSPS) is 12.5. The number of aromatic nitrogens is 1. The summed E-state index contributed by atoms with van der Waals surface area (Å²) < 4.78 is 0. The fraction of sp³-hybridized carbons (Fsp3) is 0.400. The Labute approximate surface area is 78.0 Å². The minimum atomic E-state index is 0.0412. The van der Waals surface area contributed by atoms with E-state index >= 15 is 0 Å². The van der Waals surface area contributed by atoms with Crippen LogP contribution in [0.25, 0.3) is 0 Å². The van der Waals surface area contributed by atoms with Crippen molar-refractivity contribution in [2.24, 2.45) is 5.73 Å². The van der Waals surface area contributed by atoms with Gasteiger partial charge in [-0.15, -0.1) is 0 Å². The first-order valence-electron chi connectivity index (χ1n) is 4.32. The Bertz CT molecular complexity index is 292. The molecular weight excluding hydrogens is 164 g/mol. The molecule has 3 nitrogen and oxygen atoms in total. The van der Waals surface area contributed by atoms with Gasteiger partial charge in [0.2, 0.25) is 0 Å². The quantitative estimate of drug-likeness (QED) is 0.711. The number of pyridine rings is 1. The van der Waals surface area contributed by atoms with E-state index in [0.717, 1.165) is 5.69 Å². The fourth-order valence-corrected chi connectivity index (χ4v) is 1.03. The van der Waals surface area contributed by atoms with E-state index in [1.54, 1.807) is 12.3 Å². The molecule has 1 aromatic heterocycles. The van der Waals surface area contributed by atoms with Gasteiger partial charge in [0.1, 0.15) is 0 Å². The average Bonchev–Trinajstić information content (AvgIpc) is 2.17. The summed E-state index contributed by atoms with van der Waals surface area (Å²) >= 11 is 0. The predicted octanol–water partition coefficient (Wildman–Crippen LogP) is 1.35. The number of hydrogen-bond acceptors (Lipinski definition) is 3. The van der Waals surface area contributed by atoms with Crippen molar-refractivity contribution in [1.82, 2.24) is 4.98 Å². The monoisotopic (exact) mass is 178 g/mol. The van der Waals surface area contributed by atoms with Crippen LogP contribution in [0.1, 0.15) is 35.8 Å². The van der Waals surface area contributed by atoms with Gasteiger partial charge < -0.3 is 5.73 Å². The molecule has 0 saturated heterocycles. The molecule has 0 spiro atoms. The van der Waals surface area contributed by atoms with E-state index in [4.69, 9.17) is 5.73 Å². The summed E-state index contributed by atoms with van der Waals surface area (Å²) in [7, 11) is 0. The zero-order valence-corrected chi connectivity index (χ0v) is 7.95. The minimum Gasteiger partial charge on any atom is -0.330 e. The number of Topliss-reactive ketones (excluding diaryl/α,β-unsaturated/α-hetero) is 1. The molecule has 1 aromatic rings. The second-order valence-corrected chi connectivity index (χ2v) is 3.16. The van der Waals surface area contributed by atoms with Crippen molar-refractivity contribution >= 4 is 5.78 Å². The van der Waals surface area contributed by atoms with Crippen molar-refractivity contribution in [1.29, 1.82) is 0 Å². The van der Waals surface area contributed by atoms with Crippen molar-refractivity contribution < 1.29 is 4.79 Å². The Balaban J connectivity index is 2.87. The average molecular weight is 178 g/mol. The van der Waals surface area contributed by atoms with E-state index in [1.165, 1.54) is 6.92 Å². The number of carbonyl (C=O) groups excluding carboxylic acids is 1. The molecule has 0 saturated carbocycles. The first kappa shape index (κ1) is 9.86. The third kappa shape index (κ3) is 2.36. The summed E-state index contributed by atoms with van der Waals surface area (Å²) in [4.78, 5) is 15.1. The predicted molar refractivity (Wildman–Crippen MR) is 51.7 cm³/mol. The van der Waals surface area contributed by atoms with Crippen LogP contribution in [0.5, 0.6) is 0 Å². The van der Waals surface area contributed by atoms with Crippen LogP contribution in [0.15, 0.2) is 18.3 Å². The molecule has 70 valence electrons. The lowest BCUT2D eigenvalue weighted by atomic mass is 10.1. The molecule has 13 heavy (non-hydrogen) atoms. The van der Waals surface area contributed by atoms with Crippen LogP contribution in [0.3, 0.4) is 0 Å². The molecule has 0 aromatic carbocycles. The van der Waals surface area contributed by atoms with Crippen LogP contribution < -0.4 is 5.73 Å². The Kier molecular flexibility index (Phi) is 3.14. The zero-order valence-electron chi connectivity index (χ0n) is 7.95. The lowest BCUT2D eigenvalue weighted by Crippen LogP contribution is -2.10. The molecular formula is C10H14N2O. The first-order chi connectivity index (χ1) is 6.15. The number of hydrogen-bond donors (Lipinski definition) is 1. The van der Waals surface area contributed by atoms with E-state index in [1.807, 2.05) is 13.0 Å². The molecule has 0 bridgehead atoms. The molecule has 0 aliphatic heterocycles. The Hall–Kier alpha value is -1.22. The molecule has 0 amide bonds. The highest BCUT2D eigenvalue weighted by atomic mass is 16.1. The second kappa shape index (κ2) is 4.14. The van der Waals surface area contributed by atoms with Crippen molar-refractivity contribution in [3.8, 4) is 0 Å². The molecule has 1 heterocycles. The second-order valence-electron chi connectivity index (χ2n) is 3.16. The molecule has 0 fully saturated rings. The largest absolute Gasteiger partial charge is 0.330 e. The highest BCUT2D eigenvalue weighted by Crippen LogP contribution is 2.11. The van der Waals surface area contributed by atoms with Crippen LogP contribution >= 0.6 is 0 Å². The summed E-state index contributed by atoms with van der Waals surface area (Å²) in [6.07, 6.45) is 1.60. The topological polar surface area (TPSA) is 56.0 Å². The maximum atomic E-state index is 10.9. The van der Waals surface area contributed by atoms with Gasteiger partial charge >= 0.3 is 0 Å². The van der Waals surface area contributed by atoms with Crippen LogP contribution in [-0.2, 0) is 0 Å². The smallest absolute Gasteiger partial charge is 0.161 e. The van der Waals surface area contributed by atoms with Gasteiger partial charge in [0.05, 0.1) is 0 Å². The maximum Gasteiger partial charge on any atom is 0.161 e. The third-order valence-corrected chi connectivity index (χ3v) is 2.05. The van der Waals surface area contributed by atoms with Gasteiger partial charge in [0.15, 0.2) is 5.78 Å². The zero-order chi connectivity index (χ0) is 9.84. The van der Waals surface area contributed by atoms with Crippen LogP contribution in [0.4, 0.5) is 0 Å². The van der Waals surface area contributed by atoms with Gasteiger partial charge in [0.25, 0.3) is 0 Å². The van der Waals surface area contributed by atoms with Gasteiger partial charge in [-0.25, -0.2) is 0 Å². The molecule has 1 unspecified atom stereocenters. The van der Waals surface area contributed by atoms with E-state index in [2.05, 4.69) is 4.98 Å². The van der Waals surface area contributed by atoms with E-state index in [-0.39, 0.29) is 11.7 Å². The number of carbonyl (C=O) groups is 1. The molecule has 3 heteroatoms. The maximum absolute atomic E-state index is 10.9. The lowest BCUT2D eigenvalue weighted by Gasteiger charge is -2.07. The van der Waals surface area contributed by atoms with Crippen molar-refractivity contribution in [2.75, 3.05) is 6.54 Å². The van der Waals surface area contributed by atoms with Crippen molar-refractivity contribution in [2.45, 2.75) is 19.8 Å². The van der Waals surface area contributed by atoms with E-state index in [9.17, 15) is 4.79 Å². The van der Waals surface area contributed by atoms with E-state index in [0.29, 0.717) is 12.1 Å². The molecule has 1 rings (SSSR count). The van der Waals surface area contributed by atoms with Crippen molar-refractivity contribution in [3.05, 3.63) is 29.6 Å². The van der Waals surface area contributed by atoms with E-state index < -0.39 is 0 Å². The highest BCUT2D eigenvalue weighted by molar-refractivity contribution is 5.93. The van der Waals surface area contributed by atoms with Gasteiger partial charge in [-0.3, -0.25) is 9.78 Å². The number of ketones is 1. The van der Waals surface area contributed by atoms with Gasteiger partial charge in [-0.05, 0) is 19.1 Å². The number of nitrogens with zero attached hydrogens (tertiary/aromatic N) is 1. The summed E-state index contributed by atoms with van der Waals surface area (Å²) in [5, 5.41) is 0. The van der Waals surface area contributed by atoms with Crippen LogP contribution in [0.2, 0.25) is 0 Å². The van der Waals surface area contributed by atoms with Gasteiger partial charge in [0, 0.05) is 29.9 Å². The number of nitrogens with two attached hydrogens (primary N) is 1. The first-order valence-corrected chi connectivity index (χ1v) is 4.32. The lowest BCUT2D eigenvalue weighted by molar-refractivity contribution is 0.101. The van der Waals surface area contributed by atoms with Crippen LogP contribution in [-0.4, -0.2) is 17.3 Å². The highest BCUT2D eigenvalue weighted by Gasteiger charge is 2.05. The Morgan fingerprint density at radius 2 is 2.31 bits per heavy atom. The molecule has 2 N–H and O–H groups in total. The Morgan fingerprint density at radius 1 is 1.62 bits per heavy atom. The third-order valence-electron chi connectivity index (χ3n) is 2.05. The summed E-state index contributed by atoms with van der Waals surface area (Å²) in [6.45, 7) is 4.12. The molecule has 1 atom stereocenters. The molecule has 0 aliphatic rings. The Morgan fingerprint density at radius 3 is 2.69 bits per heavy atom. The van der Waals surface area contributed by atoms with Gasteiger partial charge in [-0.2, -0.15) is 0 Å². The summed E-state index contributed by atoms with van der Waals surface area (Å²) in [5.41, 5.74) is 7.08. The standard InChI is InChI=1S/C10H14N2O/c1-7(5-11)10-4-3-9(6-12-10)8(2)13/h3-4,6-7H,5,11H2,1-2H3. The minimum absolute atomic E-state index is 0.0412. The summed E-state index contributed by atoms with van der Waals surface area (Å²) in [5.74, 6) is 0.292. The van der Waals surface area contributed by atoms with Crippen molar-refractivity contribution in [3.63, 3.8) is 0 Å². The molecule has 0 radical (unpaired) electrons. The SMILES string of the molecule is CC(=O)c1ccc(C(C)CN)nc1. The fourth-order valence-electron chi connectivity index (χ4n) is 1.03. The number of rotatable bonds is 3. The summed E-state index contributed by atoms with van der Waals surface area (Å²) in [6, 6.07) is 3.64.